The van der Waals surface area contributed by atoms with Gasteiger partial charge in [-0.3, -0.25) is 0 Å². The molecule has 1 aromatic carbocycles. The Labute approximate surface area is 136 Å². The van der Waals surface area contributed by atoms with E-state index in [0.717, 1.165) is 25.8 Å². The van der Waals surface area contributed by atoms with Crippen LogP contribution in [0.15, 0.2) is 23.1 Å². The molecule has 0 aromatic heterocycles. The first kappa shape index (κ1) is 18.5. The smallest absolute Gasteiger partial charge is 0.240 e. The normalized spacial score (nSPS) is 18.9. The van der Waals surface area contributed by atoms with E-state index in [4.69, 9.17) is 16.3 Å². The summed E-state index contributed by atoms with van der Waals surface area (Å²) in [4.78, 5) is 0.152. The van der Waals surface area contributed by atoms with Gasteiger partial charge in [0.15, 0.2) is 0 Å². The number of benzene rings is 1. The monoisotopic (exact) mass is 354 g/mol. The highest BCUT2D eigenvalue weighted by Gasteiger charge is 2.19. The van der Waals surface area contributed by atoms with Gasteiger partial charge in [0, 0.05) is 12.6 Å². The van der Waals surface area contributed by atoms with E-state index in [2.05, 4.69) is 10.0 Å². The molecule has 120 valence electrons. The molecular formula is C13H20Cl2N2O3S. The van der Waals surface area contributed by atoms with Crippen LogP contribution in [-0.2, 0) is 10.0 Å². The van der Waals surface area contributed by atoms with Crippen LogP contribution >= 0.6 is 24.0 Å². The molecule has 0 amide bonds. The highest BCUT2D eigenvalue weighted by atomic mass is 35.5. The fourth-order valence-electron chi connectivity index (χ4n) is 2.21. The molecule has 2 rings (SSSR count). The number of ether oxygens (including phenoxy) is 1. The second-order valence-corrected chi connectivity index (χ2v) is 6.97. The Kier molecular flexibility index (Phi) is 7.23. The van der Waals surface area contributed by atoms with Gasteiger partial charge in [-0.25, -0.2) is 13.1 Å². The van der Waals surface area contributed by atoms with Gasteiger partial charge in [-0.1, -0.05) is 18.0 Å². The number of methoxy groups -OCH3 is 1. The van der Waals surface area contributed by atoms with Crippen LogP contribution in [0, 0.1) is 0 Å². The summed E-state index contributed by atoms with van der Waals surface area (Å²) in [6.07, 6.45) is 3.27. The van der Waals surface area contributed by atoms with Gasteiger partial charge >= 0.3 is 0 Å². The molecule has 1 heterocycles. The number of sulfonamides is 1. The molecule has 1 fully saturated rings. The van der Waals surface area contributed by atoms with Crippen molar-refractivity contribution in [3.05, 3.63) is 23.2 Å². The van der Waals surface area contributed by atoms with Crippen molar-refractivity contribution in [2.45, 2.75) is 30.2 Å². The first-order valence-electron chi connectivity index (χ1n) is 6.59. The Morgan fingerprint density at radius 3 is 2.76 bits per heavy atom. The van der Waals surface area contributed by atoms with Crippen molar-refractivity contribution in [2.75, 3.05) is 20.2 Å². The minimum atomic E-state index is -3.54. The molecular weight excluding hydrogens is 335 g/mol. The SMILES string of the molecule is COc1ccc(S(=O)(=O)NCC2CCCCN2)cc1Cl.Cl. The van der Waals surface area contributed by atoms with Gasteiger partial charge in [0.25, 0.3) is 0 Å². The van der Waals surface area contributed by atoms with Crippen LogP contribution in [0.2, 0.25) is 5.02 Å². The maximum absolute atomic E-state index is 12.2. The third kappa shape index (κ3) is 5.00. The van der Waals surface area contributed by atoms with Crippen LogP contribution in [0.25, 0.3) is 0 Å². The van der Waals surface area contributed by atoms with Crippen LogP contribution in [0.1, 0.15) is 19.3 Å². The minimum Gasteiger partial charge on any atom is -0.495 e. The van der Waals surface area contributed by atoms with Crippen molar-refractivity contribution >= 4 is 34.0 Å². The van der Waals surface area contributed by atoms with Crippen LogP contribution in [-0.4, -0.2) is 34.7 Å². The highest BCUT2D eigenvalue weighted by molar-refractivity contribution is 7.89. The topological polar surface area (TPSA) is 67.4 Å². The molecule has 0 spiro atoms. The summed E-state index contributed by atoms with van der Waals surface area (Å²) in [5.41, 5.74) is 0. The summed E-state index contributed by atoms with van der Waals surface area (Å²) in [5.74, 6) is 0.458. The second-order valence-electron chi connectivity index (χ2n) is 4.80. The summed E-state index contributed by atoms with van der Waals surface area (Å²) in [7, 11) is -2.05. The third-order valence-corrected chi connectivity index (χ3v) is 5.08. The molecule has 0 saturated carbocycles. The molecule has 21 heavy (non-hydrogen) atoms. The van der Waals surface area contributed by atoms with E-state index in [1.165, 1.54) is 19.2 Å². The minimum absolute atomic E-state index is 0. The van der Waals surface area contributed by atoms with E-state index in [9.17, 15) is 8.42 Å². The first-order valence-corrected chi connectivity index (χ1v) is 8.45. The van der Waals surface area contributed by atoms with Gasteiger partial charge in [0.05, 0.1) is 17.0 Å². The maximum Gasteiger partial charge on any atom is 0.240 e. The zero-order chi connectivity index (χ0) is 14.6. The summed E-state index contributed by atoms with van der Waals surface area (Å²) in [5, 5.41) is 3.58. The fraction of sp³-hybridized carbons (Fsp3) is 0.538. The predicted molar refractivity (Wildman–Crippen MR) is 86.1 cm³/mol. The Bertz CT molecular complexity index is 561. The summed E-state index contributed by atoms with van der Waals surface area (Å²) in [6, 6.07) is 4.64. The van der Waals surface area contributed by atoms with Crippen molar-refractivity contribution < 1.29 is 13.2 Å². The van der Waals surface area contributed by atoms with E-state index in [1.54, 1.807) is 6.07 Å². The molecule has 0 radical (unpaired) electrons. The van der Waals surface area contributed by atoms with Gasteiger partial charge in [0.1, 0.15) is 5.75 Å². The van der Waals surface area contributed by atoms with Crippen molar-refractivity contribution in [3.63, 3.8) is 0 Å². The number of halogens is 2. The lowest BCUT2D eigenvalue weighted by atomic mass is 10.1. The predicted octanol–water partition coefficient (Wildman–Crippen LogP) is 2.19. The zero-order valence-electron chi connectivity index (χ0n) is 11.8. The van der Waals surface area contributed by atoms with E-state index in [0.29, 0.717) is 12.3 Å². The largest absolute Gasteiger partial charge is 0.495 e. The Morgan fingerprint density at radius 2 is 2.19 bits per heavy atom. The number of nitrogens with one attached hydrogen (secondary N) is 2. The molecule has 1 atom stereocenters. The van der Waals surface area contributed by atoms with E-state index < -0.39 is 10.0 Å². The van der Waals surface area contributed by atoms with Crippen molar-refractivity contribution in [1.29, 1.82) is 0 Å². The lowest BCUT2D eigenvalue weighted by Crippen LogP contribution is -2.43. The molecule has 1 aromatic rings. The van der Waals surface area contributed by atoms with E-state index >= 15 is 0 Å². The lowest BCUT2D eigenvalue weighted by molar-refractivity contribution is 0.398. The molecule has 1 aliphatic heterocycles. The molecule has 1 saturated heterocycles. The molecule has 8 heteroatoms. The lowest BCUT2D eigenvalue weighted by Gasteiger charge is -2.23. The summed E-state index contributed by atoms with van der Waals surface area (Å²) < 4.78 is 32.0. The molecule has 5 nitrogen and oxygen atoms in total. The van der Waals surface area contributed by atoms with E-state index in [-0.39, 0.29) is 28.4 Å². The van der Waals surface area contributed by atoms with Gasteiger partial charge in [-0.05, 0) is 37.6 Å². The summed E-state index contributed by atoms with van der Waals surface area (Å²) >= 11 is 5.95. The molecule has 0 bridgehead atoms. The molecule has 1 unspecified atom stereocenters. The van der Waals surface area contributed by atoms with Crippen LogP contribution < -0.4 is 14.8 Å². The number of rotatable bonds is 5. The Balaban J connectivity index is 0.00000220. The number of piperidine rings is 1. The Hall–Kier alpha value is -0.530. The number of hydrogen-bond acceptors (Lipinski definition) is 4. The van der Waals surface area contributed by atoms with E-state index in [1.807, 2.05) is 0 Å². The molecule has 1 aliphatic rings. The van der Waals surface area contributed by atoms with Crippen molar-refractivity contribution in [2.24, 2.45) is 0 Å². The average Bonchev–Trinajstić information content (AvgIpc) is 2.46. The molecule has 2 N–H and O–H groups in total. The molecule has 0 aliphatic carbocycles. The maximum atomic E-state index is 12.2. The van der Waals surface area contributed by atoms with Gasteiger partial charge in [-0.15, -0.1) is 12.4 Å². The Morgan fingerprint density at radius 1 is 1.43 bits per heavy atom. The first-order chi connectivity index (χ1) is 9.53. The highest BCUT2D eigenvalue weighted by Crippen LogP contribution is 2.26. The van der Waals surface area contributed by atoms with Gasteiger partial charge < -0.3 is 10.1 Å². The van der Waals surface area contributed by atoms with Gasteiger partial charge in [0.2, 0.25) is 10.0 Å². The van der Waals surface area contributed by atoms with Crippen LogP contribution in [0.3, 0.4) is 0 Å². The standard InChI is InChI=1S/C13H19ClN2O3S.ClH/c1-19-13-6-5-11(8-12(13)14)20(17,18)16-9-10-4-2-3-7-15-10;/h5-6,8,10,15-16H,2-4,7,9H2,1H3;1H. The summed E-state index contributed by atoms with van der Waals surface area (Å²) in [6.45, 7) is 1.34. The van der Waals surface area contributed by atoms with Crippen LogP contribution in [0.4, 0.5) is 0 Å². The van der Waals surface area contributed by atoms with Crippen molar-refractivity contribution in [1.82, 2.24) is 10.0 Å². The third-order valence-electron chi connectivity index (χ3n) is 3.37. The van der Waals surface area contributed by atoms with Crippen molar-refractivity contribution in [3.8, 4) is 5.75 Å². The second kappa shape index (κ2) is 8.19. The fourth-order valence-corrected chi connectivity index (χ4v) is 3.64. The van der Waals surface area contributed by atoms with Gasteiger partial charge in [-0.2, -0.15) is 0 Å². The zero-order valence-corrected chi connectivity index (χ0v) is 14.2. The quantitative estimate of drug-likeness (QED) is 0.850. The van der Waals surface area contributed by atoms with Crippen LogP contribution in [0.5, 0.6) is 5.75 Å². The number of hydrogen-bond donors (Lipinski definition) is 2. The average molecular weight is 355 g/mol.